The Morgan fingerprint density at radius 1 is 0.943 bits per heavy atom. The van der Waals surface area contributed by atoms with Gasteiger partial charge in [0, 0.05) is 10.9 Å². The second-order valence-electron chi connectivity index (χ2n) is 8.24. The topological polar surface area (TPSA) is 95.6 Å². The van der Waals surface area contributed by atoms with Gasteiger partial charge in [-0.05, 0) is 75.6 Å². The van der Waals surface area contributed by atoms with Crippen molar-refractivity contribution < 1.29 is 18.0 Å². The number of nitrogens with one attached hydrogen (secondary N) is 2. The number of thioether (sulfide) groups is 1. The molecule has 35 heavy (non-hydrogen) atoms. The minimum absolute atomic E-state index is 0.0778. The number of nitrogens with zero attached hydrogens (tertiary/aromatic N) is 1. The molecule has 184 valence electrons. The van der Waals surface area contributed by atoms with Gasteiger partial charge in [0.1, 0.15) is 6.54 Å². The molecule has 0 aliphatic carbocycles. The Morgan fingerprint density at radius 3 is 2.17 bits per heavy atom. The zero-order chi connectivity index (χ0) is 25.6. The molecule has 2 amide bonds. The Kier molecular flexibility index (Phi) is 8.58. The molecular weight excluding hydrogens is 482 g/mol. The van der Waals surface area contributed by atoms with Crippen LogP contribution in [0.4, 0.5) is 11.4 Å². The molecule has 0 unspecified atom stereocenters. The molecule has 3 aromatic rings. The molecule has 0 heterocycles. The standard InChI is InChI=1S/C26H29N3O4S2/c1-18(2)27-26(31)23-7-5-6-8-24(23)28-25(30)17-29(20-11-9-19(3)10-12-20)35(32,33)22-15-13-21(34-4)14-16-22/h5-16,18H,17H2,1-4H3,(H,27,31)(H,28,30). The van der Waals surface area contributed by atoms with Crippen LogP contribution in [0.3, 0.4) is 0 Å². The third-order valence-corrected chi connectivity index (χ3v) is 7.65. The van der Waals surface area contributed by atoms with E-state index in [0.29, 0.717) is 16.9 Å². The summed E-state index contributed by atoms with van der Waals surface area (Å²) in [5, 5.41) is 5.51. The molecule has 0 fully saturated rings. The SMILES string of the molecule is CSc1ccc(S(=O)(=O)N(CC(=O)Nc2ccccc2C(=O)NC(C)C)c2ccc(C)cc2)cc1. The first-order valence-electron chi connectivity index (χ1n) is 11.0. The third-order valence-electron chi connectivity index (χ3n) is 5.12. The lowest BCUT2D eigenvalue weighted by atomic mass is 10.1. The van der Waals surface area contributed by atoms with E-state index in [-0.39, 0.29) is 16.8 Å². The van der Waals surface area contributed by atoms with Crippen LogP contribution in [0.25, 0.3) is 0 Å². The van der Waals surface area contributed by atoms with Crippen molar-refractivity contribution in [1.29, 1.82) is 0 Å². The summed E-state index contributed by atoms with van der Waals surface area (Å²) in [5.41, 5.74) is 1.93. The lowest BCUT2D eigenvalue weighted by Crippen LogP contribution is -2.38. The molecule has 9 heteroatoms. The highest BCUT2D eigenvalue weighted by Crippen LogP contribution is 2.26. The number of benzene rings is 3. The first-order chi connectivity index (χ1) is 16.6. The number of rotatable bonds is 9. The zero-order valence-electron chi connectivity index (χ0n) is 20.1. The van der Waals surface area contributed by atoms with Gasteiger partial charge in [-0.3, -0.25) is 13.9 Å². The largest absolute Gasteiger partial charge is 0.350 e. The number of anilines is 2. The quantitative estimate of drug-likeness (QED) is 0.407. The molecule has 0 saturated carbocycles. The number of hydrogen-bond donors (Lipinski definition) is 2. The zero-order valence-corrected chi connectivity index (χ0v) is 21.7. The summed E-state index contributed by atoms with van der Waals surface area (Å²) in [6.07, 6.45) is 1.91. The lowest BCUT2D eigenvalue weighted by molar-refractivity contribution is -0.114. The molecule has 0 radical (unpaired) electrons. The molecule has 0 aliphatic heterocycles. The van der Waals surface area contributed by atoms with Gasteiger partial charge in [0.2, 0.25) is 5.91 Å². The van der Waals surface area contributed by atoms with Crippen molar-refractivity contribution in [2.45, 2.75) is 36.6 Å². The molecule has 0 aliphatic rings. The van der Waals surface area contributed by atoms with Crippen LogP contribution in [-0.2, 0) is 14.8 Å². The van der Waals surface area contributed by atoms with E-state index in [9.17, 15) is 18.0 Å². The first-order valence-corrected chi connectivity index (χ1v) is 13.7. The maximum absolute atomic E-state index is 13.6. The maximum atomic E-state index is 13.6. The Labute approximate surface area is 211 Å². The van der Waals surface area contributed by atoms with Gasteiger partial charge in [0.25, 0.3) is 15.9 Å². The van der Waals surface area contributed by atoms with E-state index >= 15 is 0 Å². The molecule has 2 N–H and O–H groups in total. The highest BCUT2D eigenvalue weighted by atomic mass is 32.2. The van der Waals surface area contributed by atoms with Gasteiger partial charge in [0.05, 0.1) is 21.8 Å². The number of aryl methyl sites for hydroxylation is 1. The van der Waals surface area contributed by atoms with Gasteiger partial charge in [-0.2, -0.15) is 0 Å². The molecule has 7 nitrogen and oxygen atoms in total. The van der Waals surface area contributed by atoms with Gasteiger partial charge in [0.15, 0.2) is 0 Å². The smallest absolute Gasteiger partial charge is 0.264 e. The van der Waals surface area contributed by atoms with Crippen LogP contribution in [0.15, 0.2) is 82.6 Å². The van der Waals surface area contributed by atoms with Gasteiger partial charge < -0.3 is 10.6 Å². The van der Waals surface area contributed by atoms with Crippen LogP contribution in [-0.4, -0.2) is 39.1 Å². The summed E-state index contributed by atoms with van der Waals surface area (Å²) in [5.74, 6) is -0.896. The highest BCUT2D eigenvalue weighted by molar-refractivity contribution is 7.98. The fraction of sp³-hybridized carbons (Fsp3) is 0.231. The Hall–Kier alpha value is -3.30. The van der Waals surface area contributed by atoms with Crippen molar-refractivity contribution in [1.82, 2.24) is 5.32 Å². The fourth-order valence-electron chi connectivity index (χ4n) is 3.35. The summed E-state index contributed by atoms with van der Waals surface area (Å²) >= 11 is 1.51. The number of hydrogen-bond acceptors (Lipinski definition) is 5. The summed E-state index contributed by atoms with van der Waals surface area (Å²) in [6.45, 7) is 5.12. The van der Waals surface area contributed by atoms with E-state index in [1.807, 2.05) is 27.0 Å². The van der Waals surface area contributed by atoms with E-state index in [1.165, 1.54) is 23.9 Å². The predicted octanol–water partition coefficient (Wildman–Crippen LogP) is 4.69. The van der Waals surface area contributed by atoms with E-state index < -0.39 is 22.5 Å². The van der Waals surface area contributed by atoms with E-state index in [4.69, 9.17) is 0 Å². The van der Waals surface area contributed by atoms with Crippen molar-refractivity contribution in [2.24, 2.45) is 0 Å². The molecule has 0 spiro atoms. The first kappa shape index (κ1) is 26.3. The summed E-state index contributed by atoms with van der Waals surface area (Å²) < 4.78 is 28.2. The van der Waals surface area contributed by atoms with Gasteiger partial charge in [-0.25, -0.2) is 8.42 Å². The average molecular weight is 512 g/mol. The van der Waals surface area contributed by atoms with Crippen LogP contribution >= 0.6 is 11.8 Å². The Balaban J connectivity index is 1.92. The Bertz CT molecular complexity index is 1290. The predicted molar refractivity (Wildman–Crippen MR) is 142 cm³/mol. The number of sulfonamides is 1. The minimum atomic E-state index is -4.04. The van der Waals surface area contributed by atoms with Crippen LogP contribution in [0.2, 0.25) is 0 Å². The van der Waals surface area contributed by atoms with Crippen LogP contribution in [0.5, 0.6) is 0 Å². The molecule has 0 bridgehead atoms. The molecule has 0 saturated heterocycles. The van der Waals surface area contributed by atoms with Gasteiger partial charge >= 0.3 is 0 Å². The van der Waals surface area contributed by atoms with Crippen molar-refractivity contribution in [3.8, 4) is 0 Å². The summed E-state index contributed by atoms with van der Waals surface area (Å²) in [6, 6.07) is 20.0. The highest BCUT2D eigenvalue weighted by Gasteiger charge is 2.27. The summed E-state index contributed by atoms with van der Waals surface area (Å²) in [4.78, 5) is 26.7. The molecule has 0 atom stereocenters. The van der Waals surface area contributed by atoms with E-state index in [0.717, 1.165) is 14.8 Å². The van der Waals surface area contributed by atoms with Crippen molar-refractivity contribution in [3.63, 3.8) is 0 Å². The van der Waals surface area contributed by atoms with Crippen molar-refractivity contribution in [3.05, 3.63) is 83.9 Å². The Morgan fingerprint density at radius 2 is 1.57 bits per heavy atom. The van der Waals surface area contributed by atoms with Crippen LogP contribution in [0, 0.1) is 6.92 Å². The maximum Gasteiger partial charge on any atom is 0.264 e. The van der Waals surface area contributed by atoms with E-state index in [2.05, 4.69) is 10.6 Å². The average Bonchev–Trinajstić information content (AvgIpc) is 2.83. The fourth-order valence-corrected chi connectivity index (χ4v) is 5.18. The molecular formula is C26H29N3O4S2. The second kappa shape index (κ2) is 11.4. The van der Waals surface area contributed by atoms with Crippen molar-refractivity contribution >= 4 is 45.0 Å². The van der Waals surface area contributed by atoms with Gasteiger partial charge in [-0.1, -0.05) is 29.8 Å². The molecule has 0 aromatic heterocycles. The van der Waals surface area contributed by atoms with Crippen LogP contribution in [0.1, 0.15) is 29.8 Å². The van der Waals surface area contributed by atoms with E-state index in [1.54, 1.807) is 60.7 Å². The second-order valence-corrected chi connectivity index (χ2v) is 11.0. The lowest BCUT2D eigenvalue weighted by Gasteiger charge is -2.24. The normalized spacial score (nSPS) is 11.2. The van der Waals surface area contributed by atoms with Crippen molar-refractivity contribution in [2.75, 3.05) is 22.4 Å². The number of amides is 2. The number of carbonyl (C=O) groups excluding carboxylic acids is 2. The van der Waals surface area contributed by atoms with Crippen LogP contribution < -0.4 is 14.9 Å². The van der Waals surface area contributed by atoms with Gasteiger partial charge in [-0.15, -0.1) is 11.8 Å². The summed E-state index contributed by atoms with van der Waals surface area (Å²) in [7, 11) is -4.04. The number of para-hydroxylation sites is 1. The molecule has 3 aromatic carbocycles. The number of carbonyl (C=O) groups is 2. The monoisotopic (exact) mass is 511 g/mol. The minimum Gasteiger partial charge on any atom is -0.350 e. The molecule has 3 rings (SSSR count). The third kappa shape index (κ3) is 6.64.